The zero-order valence-corrected chi connectivity index (χ0v) is 12.5. The highest BCUT2D eigenvalue weighted by atomic mass is 35.5. The van der Waals surface area contributed by atoms with Gasteiger partial charge in [0.15, 0.2) is 17.8 Å². The third-order valence-electron chi connectivity index (χ3n) is 3.03. The molecule has 0 amide bonds. The summed E-state index contributed by atoms with van der Waals surface area (Å²) in [5.74, 6) is 1.35. The summed E-state index contributed by atoms with van der Waals surface area (Å²) in [6.07, 6.45) is 0.605. The predicted molar refractivity (Wildman–Crippen MR) is 76.6 cm³/mol. The number of fused-ring (bicyclic) bond motifs is 1. The van der Waals surface area contributed by atoms with Crippen LogP contribution < -0.4 is 14.8 Å². The lowest BCUT2D eigenvalue weighted by molar-refractivity contribution is -0.0989. The number of benzene rings is 1. The fourth-order valence-corrected chi connectivity index (χ4v) is 2.27. The molecule has 0 aliphatic carbocycles. The molecule has 20 heavy (non-hydrogen) atoms. The van der Waals surface area contributed by atoms with Crippen molar-refractivity contribution in [3.63, 3.8) is 0 Å². The van der Waals surface area contributed by atoms with Gasteiger partial charge in [-0.15, -0.1) is 0 Å². The predicted octanol–water partition coefficient (Wildman–Crippen LogP) is 2.21. The van der Waals surface area contributed by atoms with Crippen molar-refractivity contribution in [2.24, 2.45) is 0 Å². The second kappa shape index (κ2) is 7.69. The van der Waals surface area contributed by atoms with E-state index in [1.54, 1.807) is 14.2 Å². The van der Waals surface area contributed by atoms with Gasteiger partial charge in [-0.1, -0.05) is 11.6 Å². The van der Waals surface area contributed by atoms with Gasteiger partial charge in [-0.2, -0.15) is 0 Å². The van der Waals surface area contributed by atoms with E-state index in [1.165, 1.54) is 0 Å². The zero-order valence-electron chi connectivity index (χ0n) is 11.8. The molecule has 0 atom stereocenters. The van der Waals surface area contributed by atoms with Crippen molar-refractivity contribution in [2.75, 3.05) is 34.0 Å². The summed E-state index contributed by atoms with van der Waals surface area (Å²) < 4.78 is 21.5. The standard InChI is InChI=1S/C14H20ClNO4/c1-17-13(18-2)9-16-8-10-6-11(15)14-12(7-10)19-4-3-5-20-14/h6-7,13,16H,3-5,8-9H2,1-2H3. The van der Waals surface area contributed by atoms with Gasteiger partial charge in [0.2, 0.25) is 0 Å². The summed E-state index contributed by atoms with van der Waals surface area (Å²) in [5.41, 5.74) is 1.03. The molecule has 1 heterocycles. The fourth-order valence-electron chi connectivity index (χ4n) is 1.98. The number of ether oxygens (including phenoxy) is 4. The van der Waals surface area contributed by atoms with Crippen LogP contribution in [0.2, 0.25) is 5.02 Å². The maximum absolute atomic E-state index is 6.23. The van der Waals surface area contributed by atoms with Crippen molar-refractivity contribution in [3.8, 4) is 11.5 Å². The molecule has 1 aromatic carbocycles. The average Bonchev–Trinajstić information content (AvgIpc) is 2.69. The molecule has 0 unspecified atom stereocenters. The minimum atomic E-state index is -0.258. The normalized spacial score (nSPS) is 14.4. The molecule has 2 rings (SSSR count). The van der Waals surface area contributed by atoms with Crippen LogP contribution in [0.5, 0.6) is 11.5 Å². The van der Waals surface area contributed by atoms with Crippen LogP contribution >= 0.6 is 11.6 Å². The first kappa shape index (κ1) is 15.4. The second-order valence-corrected chi connectivity index (χ2v) is 4.89. The molecule has 0 fully saturated rings. The highest BCUT2D eigenvalue weighted by molar-refractivity contribution is 6.32. The van der Waals surface area contributed by atoms with Gasteiger partial charge in [0, 0.05) is 33.7 Å². The molecule has 112 valence electrons. The molecule has 1 aliphatic rings. The van der Waals surface area contributed by atoms with Crippen LogP contribution in [0, 0.1) is 0 Å². The zero-order chi connectivity index (χ0) is 14.4. The molecule has 1 aromatic rings. The van der Waals surface area contributed by atoms with Gasteiger partial charge in [0.25, 0.3) is 0 Å². The van der Waals surface area contributed by atoms with E-state index in [9.17, 15) is 0 Å². The minimum Gasteiger partial charge on any atom is -0.489 e. The van der Waals surface area contributed by atoms with E-state index < -0.39 is 0 Å². The van der Waals surface area contributed by atoms with Crippen LogP contribution in [0.3, 0.4) is 0 Å². The highest BCUT2D eigenvalue weighted by Crippen LogP contribution is 2.37. The summed E-state index contributed by atoms with van der Waals surface area (Å²) in [6, 6.07) is 3.84. The third kappa shape index (κ3) is 3.99. The van der Waals surface area contributed by atoms with Gasteiger partial charge in [-0.05, 0) is 17.7 Å². The van der Waals surface area contributed by atoms with Crippen molar-refractivity contribution in [2.45, 2.75) is 19.3 Å². The lowest BCUT2D eigenvalue weighted by Gasteiger charge is -2.15. The second-order valence-electron chi connectivity index (χ2n) is 4.49. The van der Waals surface area contributed by atoms with E-state index in [4.69, 9.17) is 30.5 Å². The van der Waals surface area contributed by atoms with E-state index in [0.29, 0.717) is 42.8 Å². The monoisotopic (exact) mass is 301 g/mol. The van der Waals surface area contributed by atoms with Gasteiger partial charge < -0.3 is 24.3 Å². The van der Waals surface area contributed by atoms with Crippen molar-refractivity contribution in [1.82, 2.24) is 5.32 Å². The van der Waals surface area contributed by atoms with Crippen LogP contribution in [0.25, 0.3) is 0 Å². The van der Waals surface area contributed by atoms with Gasteiger partial charge in [0.1, 0.15) is 0 Å². The molecule has 0 radical (unpaired) electrons. The van der Waals surface area contributed by atoms with Crippen LogP contribution in [0.4, 0.5) is 0 Å². The van der Waals surface area contributed by atoms with Crippen molar-refractivity contribution in [3.05, 3.63) is 22.7 Å². The third-order valence-corrected chi connectivity index (χ3v) is 3.31. The fraction of sp³-hybridized carbons (Fsp3) is 0.571. The molecule has 0 saturated carbocycles. The van der Waals surface area contributed by atoms with Gasteiger partial charge >= 0.3 is 0 Å². The molecule has 6 heteroatoms. The van der Waals surface area contributed by atoms with E-state index in [2.05, 4.69) is 5.32 Å². The number of nitrogens with one attached hydrogen (secondary N) is 1. The highest BCUT2D eigenvalue weighted by Gasteiger charge is 2.15. The van der Waals surface area contributed by atoms with E-state index in [1.807, 2.05) is 12.1 Å². The quantitative estimate of drug-likeness (QED) is 0.816. The smallest absolute Gasteiger partial charge is 0.179 e. The lowest BCUT2D eigenvalue weighted by Crippen LogP contribution is -2.29. The Morgan fingerprint density at radius 2 is 2.00 bits per heavy atom. The topological polar surface area (TPSA) is 49.0 Å². The van der Waals surface area contributed by atoms with Crippen molar-refractivity contribution < 1.29 is 18.9 Å². The number of rotatable bonds is 6. The summed E-state index contributed by atoms with van der Waals surface area (Å²) >= 11 is 6.23. The summed E-state index contributed by atoms with van der Waals surface area (Å²) in [7, 11) is 3.22. The Hall–Kier alpha value is -1.01. The van der Waals surface area contributed by atoms with Gasteiger partial charge in [-0.3, -0.25) is 0 Å². The van der Waals surface area contributed by atoms with E-state index in [-0.39, 0.29) is 6.29 Å². The Morgan fingerprint density at radius 3 is 2.75 bits per heavy atom. The van der Waals surface area contributed by atoms with E-state index >= 15 is 0 Å². The molecule has 0 bridgehead atoms. The van der Waals surface area contributed by atoms with Gasteiger partial charge in [0.05, 0.1) is 18.2 Å². The van der Waals surface area contributed by atoms with Gasteiger partial charge in [-0.25, -0.2) is 0 Å². The molecular weight excluding hydrogens is 282 g/mol. The molecule has 5 nitrogen and oxygen atoms in total. The lowest BCUT2D eigenvalue weighted by atomic mass is 10.2. The van der Waals surface area contributed by atoms with Crippen LogP contribution in [0.1, 0.15) is 12.0 Å². The van der Waals surface area contributed by atoms with Crippen molar-refractivity contribution >= 4 is 11.6 Å². The Labute approximate surface area is 124 Å². The van der Waals surface area contributed by atoms with E-state index in [0.717, 1.165) is 12.0 Å². The maximum atomic E-state index is 6.23. The first-order valence-corrected chi connectivity index (χ1v) is 6.96. The molecule has 0 spiro atoms. The number of halogens is 1. The Morgan fingerprint density at radius 1 is 1.25 bits per heavy atom. The SMILES string of the molecule is COC(CNCc1cc(Cl)c2c(c1)OCCCO2)OC. The summed E-state index contributed by atoms with van der Waals surface area (Å²) in [5, 5.41) is 3.83. The molecule has 0 saturated heterocycles. The summed E-state index contributed by atoms with van der Waals surface area (Å²) in [4.78, 5) is 0. The minimum absolute atomic E-state index is 0.258. The largest absolute Gasteiger partial charge is 0.489 e. The Balaban J connectivity index is 1.99. The maximum Gasteiger partial charge on any atom is 0.179 e. The molecule has 1 aliphatic heterocycles. The summed E-state index contributed by atoms with van der Waals surface area (Å²) in [6.45, 7) is 2.53. The average molecular weight is 302 g/mol. The van der Waals surface area contributed by atoms with Crippen LogP contribution in [-0.2, 0) is 16.0 Å². The first-order chi connectivity index (χ1) is 9.74. The first-order valence-electron chi connectivity index (χ1n) is 6.59. The van der Waals surface area contributed by atoms with Crippen LogP contribution in [0.15, 0.2) is 12.1 Å². The number of hydrogen-bond donors (Lipinski definition) is 1. The molecule has 1 N–H and O–H groups in total. The number of methoxy groups -OCH3 is 2. The van der Waals surface area contributed by atoms with Crippen LogP contribution in [-0.4, -0.2) is 40.3 Å². The number of hydrogen-bond acceptors (Lipinski definition) is 5. The molecular formula is C14H20ClNO4. The molecule has 0 aromatic heterocycles. The Kier molecular flexibility index (Phi) is 5.91. The van der Waals surface area contributed by atoms with Crippen molar-refractivity contribution in [1.29, 1.82) is 0 Å². The Bertz CT molecular complexity index is 437.